The van der Waals surface area contributed by atoms with Gasteiger partial charge in [0.2, 0.25) is 11.8 Å². The van der Waals surface area contributed by atoms with Crippen LogP contribution in [0.25, 0.3) is 0 Å². The van der Waals surface area contributed by atoms with Gasteiger partial charge < -0.3 is 19.3 Å². The second-order valence-corrected chi connectivity index (χ2v) is 16.4. The molecule has 0 bridgehead atoms. The van der Waals surface area contributed by atoms with E-state index >= 15 is 0 Å². The number of likely N-dealkylation sites (N-methyl/N-ethyl adjacent to an activating group) is 2. The molecule has 44 heavy (non-hydrogen) atoms. The first-order valence-electron chi connectivity index (χ1n) is 15.5. The Kier molecular flexibility index (Phi) is 9.51. The van der Waals surface area contributed by atoms with Crippen molar-refractivity contribution in [3.05, 3.63) is 35.4 Å². The zero-order valence-electron chi connectivity index (χ0n) is 29.3. The predicted molar refractivity (Wildman–Crippen MR) is 170 cm³/mol. The number of hydrogen-bond donors (Lipinski definition) is 0. The number of hydrogen-bond acceptors (Lipinski definition) is 6. The van der Waals surface area contributed by atoms with E-state index < -0.39 is 58.6 Å². The van der Waals surface area contributed by atoms with Crippen LogP contribution in [0, 0.1) is 10.8 Å². The Morgan fingerprint density at radius 1 is 0.614 bits per heavy atom. The van der Waals surface area contributed by atoms with Gasteiger partial charge in [-0.15, -0.1) is 0 Å². The number of carbonyl (C=O) groups excluding carboxylic acids is 4. The van der Waals surface area contributed by atoms with Crippen molar-refractivity contribution in [1.29, 1.82) is 0 Å². The minimum atomic E-state index is -0.800. The van der Waals surface area contributed by atoms with Crippen LogP contribution in [-0.4, -0.2) is 93.3 Å². The smallest absolute Gasteiger partial charge is 0.412 e. The molecule has 2 aliphatic rings. The molecule has 4 amide bonds. The maximum absolute atomic E-state index is 13.8. The number of amides is 4. The molecule has 0 unspecified atom stereocenters. The second kappa shape index (κ2) is 11.9. The summed E-state index contributed by atoms with van der Waals surface area (Å²) in [4.78, 5) is 61.2. The topological polar surface area (TPSA) is 99.7 Å². The molecule has 246 valence electrons. The van der Waals surface area contributed by atoms with Crippen molar-refractivity contribution in [2.75, 3.05) is 14.1 Å². The van der Waals surface area contributed by atoms with Crippen molar-refractivity contribution in [3.63, 3.8) is 0 Å². The van der Waals surface area contributed by atoms with Crippen LogP contribution in [0.4, 0.5) is 9.59 Å². The lowest BCUT2D eigenvalue weighted by atomic mass is 9.90. The molecule has 0 aliphatic carbocycles. The van der Waals surface area contributed by atoms with E-state index in [1.807, 2.05) is 65.8 Å². The Morgan fingerprint density at radius 3 is 1.16 bits per heavy atom. The number of nitrogens with zero attached hydrogens (tertiary/aromatic N) is 4. The van der Waals surface area contributed by atoms with Crippen LogP contribution >= 0.6 is 0 Å². The molecular formula is C34H54N4O6. The molecule has 2 heterocycles. The monoisotopic (exact) mass is 614 g/mol. The molecule has 2 fully saturated rings. The van der Waals surface area contributed by atoms with Crippen molar-refractivity contribution in [1.82, 2.24) is 19.6 Å². The molecule has 0 aromatic heterocycles. The van der Waals surface area contributed by atoms with Gasteiger partial charge in [0.05, 0.1) is 0 Å². The Hall–Kier alpha value is -3.30. The summed E-state index contributed by atoms with van der Waals surface area (Å²) in [6, 6.07) is 6.00. The summed E-state index contributed by atoms with van der Waals surface area (Å²) in [5, 5.41) is 0. The molecule has 0 spiro atoms. The summed E-state index contributed by atoms with van der Waals surface area (Å²) in [5.41, 5.74) is -0.716. The van der Waals surface area contributed by atoms with Gasteiger partial charge in [0.1, 0.15) is 35.6 Å². The summed E-state index contributed by atoms with van der Waals surface area (Å²) in [6.07, 6.45) is -1.65. The van der Waals surface area contributed by atoms with Crippen LogP contribution in [-0.2, 0) is 31.9 Å². The van der Waals surface area contributed by atoms with E-state index in [2.05, 4.69) is 0 Å². The van der Waals surface area contributed by atoms with E-state index in [0.717, 1.165) is 11.1 Å². The fraction of sp³-hybridized carbons (Fsp3) is 0.706. The number of rotatable bonds is 4. The van der Waals surface area contributed by atoms with Gasteiger partial charge in [-0.2, -0.15) is 0 Å². The Morgan fingerprint density at radius 2 is 0.909 bits per heavy atom. The molecule has 1 aromatic rings. The van der Waals surface area contributed by atoms with Gasteiger partial charge in [-0.25, -0.2) is 9.59 Å². The standard InChI is InChI=1S/C34H54N4O6/c1-31(2,3)27-35(13)25(39)23(37(27)29(41)43-33(7,8)9)19-21-17-15-16-18-22(21)20-24-26(40)36(14)28(32(4,5)6)38(24)30(42)44-34(10,11)12/h15-18,23-24,27-28H,19-20H2,1-14H3/t23-,24-,27-,28-/m0/s1. The van der Waals surface area contributed by atoms with Crippen LogP contribution in [0.5, 0.6) is 0 Å². The first-order valence-corrected chi connectivity index (χ1v) is 15.5. The molecule has 0 N–H and O–H groups in total. The molecule has 0 radical (unpaired) electrons. The Bertz CT molecular complexity index is 1170. The van der Waals surface area contributed by atoms with Crippen molar-refractivity contribution in [2.24, 2.45) is 10.8 Å². The number of carbonyl (C=O) groups is 4. The fourth-order valence-electron chi connectivity index (χ4n) is 6.49. The maximum Gasteiger partial charge on any atom is 0.412 e. The van der Waals surface area contributed by atoms with Gasteiger partial charge in [-0.3, -0.25) is 19.4 Å². The zero-order chi connectivity index (χ0) is 33.7. The average molecular weight is 615 g/mol. The highest BCUT2D eigenvalue weighted by Crippen LogP contribution is 2.38. The van der Waals surface area contributed by atoms with E-state index in [1.54, 1.807) is 75.2 Å². The highest BCUT2D eigenvalue weighted by Gasteiger charge is 2.54. The lowest BCUT2D eigenvalue weighted by molar-refractivity contribution is -0.130. The molecule has 2 aliphatic heterocycles. The van der Waals surface area contributed by atoms with Crippen LogP contribution in [0.3, 0.4) is 0 Å². The number of benzene rings is 1. The predicted octanol–water partition coefficient (Wildman–Crippen LogP) is 5.67. The SMILES string of the molecule is CN1C(=O)[C@H](Cc2ccccc2C[C@H]2C(=O)N(C)[C@H](C(C)(C)C)N2C(=O)OC(C)(C)C)N(C(=O)OC(C)(C)C)[C@H]1C(C)(C)C. The maximum atomic E-state index is 13.8. The van der Waals surface area contributed by atoms with Gasteiger partial charge in [0.15, 0.2) is 0 Å². The third kappa shape index (κ3) is 7.49. The van der Waals surface area contributed by atoms with Crippen LogP contribution < -0.4 is 0 Å². The van der Waals surface area contributed by atoms with Crippen molar-refractivity contribution in [3.8, 4) is 0 Å². The summed E-state index contributed by atoms with van der Waals surface area (Å²) >= 11 is 0. The van der Waals surface area contributed by atoms with E-state index in [0.29, 0.717) is 0 Å². The van der Waals surface area contributed by atoms with E-state index in [9.17, 15) is 19.2 Å². The summed E-state index contributed by atoms with van der Waals surface area (Å²) in [5.74, 6) is -0.351. The van der Waals surface area contributed by atoms with Crippen molar-refractivity contribution < 1.29 is 28.7 Å². The molecule has 3 rings (SSSR count). The average Bonchev–Trinajstić information content (AvgIpc) is 3.23. The quantitative estimate of drug-likeness (QED) is 0.433. The van der Waals surface area contributed by atoms with Crippen LogP contribution in [0.2, 0.25) is 0 Å². The molecule has 10 nitrogen and oxygen atoms in total. The lowest BCUT2D eigenvalue weighted by Gasteiger charge is -2.39. The third-order valence-corrected chi connectivity index (χ3v) is 7.90. The molecule has 1 aromatic carbocycles. The summed E-state index contributed by atoms with van der Waals surface area (Å²) in [6.45, 7) is 22.8. The Balaban J connectivity index is 2.04. The lowest BCUT2D eigenvalue weighted by Crippen LogP contribution is -2.52. The van der Waals surface area contributed by atoms with Gasteiger partial charge >= 0.3 is 12.2 Å². The van der Waals surface area contributed by atoms with Gasteiger partial charge in [-0.05, 0) is 52.7 Å². The fourth-order valence-corrected chi connectivity index (χ4v) is 6.49. The molecule has 2 saturated heterocycles. The van der Waals surface area contributed by atoms with Crippen molar-refractivity contribution >= 4 is 24.0 Å². The van der Waals surface area contributed by atoms with E-state index in [1.165, 1.54) is 0 Å². The largest absolute Gasteiger partial charge is 0.444 e. The van der Waals surface area contributed by atoms with Gasteiger partial charge in [0.25, 0.3) is 0 Å². The highest BCUT2D eigenvalue weighted by molar-refractivity contribution is 5.91. The minimum absolute atomic E-state index is 0.176. The molecule has 10 heteroatoms. The highest BCUT2D eigenvalue weighted by atomic mass is 16.6. The zero-order valence-corrected chi connectivity index (χ0v) is 29.3. The Labute approximate surface area is 264 Å². The van der Waals surface area contributed by atoms with E-state index in [4.69, 9.17) is 9.47 Å². The van der Waals surface area contributed by atoms with Crippen LogP contribution in [0.15, 0.2) is 24.3 Å². The van der Waals surface area contributed by atoms with E-state index in [-0.39, 0.29) is 24.7 Å². The van der Waals surface area contributed by atoms with Crippen molar-refractivity contribution in [2.45, 2.75) is 132 Å². The van der Waals surface area contributed by atoms with Crippen LogP contribution in [0.1, 0.15) is 94.2 Å². The normalized spacial score (nSPS) is 23.5. The number of ether oxygens (including phenoxy) is 2. The minimum Gasteiger partial charge on any atom is -0.444 e. The molecular weight excluding hydrogens is 560 g/mol. The van der Waals surface area contributed by atoms with Gasteiger partial charge in [0, 0.05) is 37.8 Å². The summed E-state index contributed by atoms with van der Waals surface area (Å²) in [7, 11) is 3.44. The third-order valence-electron chi connectivity index (χ3n) is 7.90. The molecule has 4 atom stereocenters. The van der Waals surface area contributed by atoms with Gasteiger partial charge in [-0.1, -0.05) is 65.8 Å². The first kappa shape index (κ1) is 35.2. The first-order chi connectivity index (χ1) is 19.8. The second-order valence-electron chi connectivity index (χ2n) is 16.4. The molecule has 0 saturated carbocycles. The summed E-state index contributed by atoms with van der Waals surface area (Å²) < 4.78 is 11.6.